The summed E-state index contributed by atoms with van der Waals surface area (Å²) < 4.78 is 5.28. The summed E-state index contributed by atoms with van der Waals surface area (Å²) in [5.41, 5.74) is 2.04. The van der Waals surface area contributed by atoms with E-state index in [0.717, 1.165) is 37.5 Å². The zero-order valence-electron chi connectivity index (χ0n) is 11.8. The smallest absolute Gasteiger partial charge is 0.152 e. The number of hydrogen-bond donors (Lipinski definition) is 0. The van der Waals surface area contributed by atoms with Gasteiger partial charge in [0.05, 0.1) is 18.8 Å². The number of aromatic nitrogens is 1. The van der Waals surface area contributed by atoms with Gasteiger partial charge in [0.2, 0.25) is 0 Å². The van der Waals surface area contributed by atoms with Crippen LogP contribution in [0.5, 0.6) is 0 Å². The first-order valence-electron chi connectivity index (χ1n) is 6.94. The number of aryl methyl sites for hydroxylation is 1. The van der Waals surface area contributed by atoms with E-state index >= 15 is 0 Å². The molecule has 0 amide bonds. The first-order valence-corrected chi connectivity index (χ1v) is 6.94. The van der Waals surface area contributed by atoms with Gasteiger partial charge in [0.1, 0.15) is 0 Å². The highest BCUT2D eigenvalue weighted by Gasteiger charge is 2.24. The van der Waals surface area contributed by atoms with Crippen LogP contribution in [0.1, 0.15) is 24.7 Å². The Kier molecular flexibility index (Phi) is 5.05. The van der Waals surface area contributed by atoms with Gasteiger partial charge in [0.25, 0.3) is 0 Å². The van der Waals surface area contributed by atoms with Crippen molar-refractivity contribution in [2.24, 2.45) is 5.92 Å². The maximum absolute atomic E-state index is 12.1. The Hall–Kier alpha value is -1.26. The molecule has 0 saturated carbocycles. The second kappa shape index (κ2) is 6.78. The number of ether oxygens (including phenoxy) is 1. The molecule has 0 bridgehead atoms. The Labute approximate surface area is 114 Å². The molecule has 2 heterocycles. The molecule has 1 aliphatic heterocycles. The zero-order chi connectivity index (χ0) is 13.7. The second-order valence-corrected chi connectivity index (χ2v) is 5.10. The van der Waals surface area contributed by atoms with E-state index in [1.54, 1.807) is 0 Å². The number of carbonyl (C=O) groups is 1. The predicted molar refractivity (Wildman–Crippen MR) is 73.9 cm³/mol. The van der Waals surface area contributed by atoms with Gasteiger partial charge in [-0.2, -0.15) is 0 Å². The SMILES string of the molecule is CCN(CC(=O)C1CCOC1)Cc1cccc(C)n1. The van der Waals surface area contributed by atoms with Crippen LogP contribution >= 0.6 is 0 Å². The van der Waals surface area contributed by atoms with E-state index in [4.69, 9.17) is 4.74 Å². The van der Waals surface area contributed by atoms with Crippen molar-refractivity contribution in [1.82, 2.24) is 9.88 Å². The van der Waals surface area contributed by atoms with Gasteiger partial charge in [-0.3, -0.25) is 14.7 Å². The molecular formula is C15H22N2O2. The molecule has 1 aromatic rings. The van der Waals surface area contributed by atoms with E-state index in [9.17, 15) is 4.79 Å². The average molecular weight is 262 g/mol. The molecule has 104 valence electrons. The number of ketones is 1. The normalized spacial score (nSPS) is 19.0. The summed E-state index contributed by atoms with van der Waals surface area (Å²) in [4.78, 5) is 18.8. The van der Waals surface area contributed by atoms with E-state index in [1.165, 1.54) is 0 Å². The molecule has 0 aromatic carbocycles. The molecule has 19 heavy (non-hydrogen) atoms. The predicted octanol–water partition coefficient (Wildman–Crippen LogP) is 1.82. The number of carbonyl (C=O) groups excluding carboxylic acids is 1. The molecule has 4 nitrogen and oxygen atoms in total. The Bertz CT molecular complexity index is 428. The van der Waals surface area contributed by atoms with E-state index in [-0.39, 0.29) is 5.92 Å². The van der Waals surface area contributed by atoms with Crippen molar-refractivity contribution < 1.29 is 9.53 Å². The first kappa shape index (κ1) is 14.2. The minimum Gasteiger partial charge on any atom is -0.381 e. The van der Waals surface area contributed by atoms with Gasteiger partial charge in [0.15, 0.2) is 5.78 Å². The Morgan fingerprint density at radius 1 is 1.53 bits per heavy atom. The largest absolute Gasteiger partial charge is 0.381 e. The molecule has 1 aliphatic rings. The molecule has 0 N–H and O–H groups in total. The van der Waals surface area contributed by atoms with E-state index in [0.29, 0.717) is 18.9 Å². The van der Waals surface area contributed by atoms with Gasteiger partial charge >= 0.3 is 0 Å². The van der Waals surface area contributed by atoms with Crippen LogP contribution in [0.4, 0.5) is 0 Å². The zero-order valence-corrected chi connectivity index (χ0v) is 11.8. The van der Waals surface area contributed by atoms with Crippen LogP contribution in [-0.2, 0) is 16.1 Å². The van der Waals surface area contributed by atoms with Crippen molar-refractivity contribution in [2.45, 2.75) is 26.8 Å². The topological polar surface area (TPSA) is 42.4 Å². The van der Waals surface area contributed by atoms with Crippen LogP contribution in [0.25, 0.3) is 0 Å². The van der Waals surface area contributed by atoms with Crippen molar-refractivity contribution in [3.63, 3.8) is 0 Å². The van der Waals surface area contributed by atoms with E-state index in [1.807, 2.05) is 25.1 Å². The lowest BCUT2D eigenvalue weighted by atomic mass is 10.0. The Morgan fingerprint density at radius 3 is 3.00 bits per heavy atom. The highest BCUT2D eigenvalue weighted by atomic mass is 16.5. The number of hydrogen-bond acceptors (Lipinski definition) is 4. The maximum Gasteiger partial charge on any atom is 0.152 e. The highest BCUT2D eigenvalue weighted by Crippen LogP contribution is 2.14. The van der Waals surface area contributed by atoms with Gasteiger partial charge < -0.3 is 4.74 Å². The van der Waals surface area contributed by atoms with Crippen LogP contribution in [0.2, 0.25) is 0 Å². The fourth-order valence-electron chi connectivity index (χ4n) is 2.33. The number of likely N-dealkylation sites (N-methyl/N-ethyl adjacent to an activating group) is 1. The van der Waals surface area contributed by atoms with Crippen LogP contribution in [0.3, 0.4) is 0 Å². The van der Waals surface area contributed by atoms with Gasteiger partial charge in [-0.15, -0.1) is 0 Å². The van der Waals surface area contributed by atoms with Crippen molar-refractivity contribution in [3.8, 4) is 0 Å². The highest BCUT2D eigenvalue weighted by molar-refractivity contribution is 5.83. The lowest BCUT2D eigenvalue weighted by molar-refractivity contribution is -0.124. The Balaban J connectivity index is 1.90. The number of rotatable bonds is 6. The molecule has 1 unspecified atom stereocenters. The fourth-order valence-corrected chi connectivity index (χ4v) is 2.33. The quantitative estimate of drug-likeness (QED) is 0.784. The van der Waals surface area contributed by atoms with Crippen LogP contribution < -0.4 is 0 Å². The van der Waals surface area contributed by atoms with Crippen LogP contribution in [0, 0.1) is 12.8 Å². The first-order chi connectivity index (χ1) is 9.19. The van der Waals surface area contributed by atoms with Crippen LogP contribution in [0.15, 0.2) is 18.2 Å². The summed E-state index contributed by atoms with van der Waals surface area (Å²) in [7, 11) is 0. The Morgan fingerprint density at radius 2 is 2.37 bits per heavy atom. The molecule has 0 spiro atoms. The third kappa shape index (κ3) is 4.11. The molecule has 0 aliphatic carbocycles. The van der Waals surface area contributed by atoms with Crippen LogP contribution in [-0.4, -0.2) is 42.0 Å². The molecule has 1 aromatic heterocycles. The summed E-state index contributed by atoms with van der Waals surface area (Å²) in [5, 5.41) is 0. The molecule has 4 heteroatoms. The molecule has 1 saturated heterocycles. The molecule has 1 atom stereocenters. The molecular weight excluding hydrogens is 240 g/mol. The van der Waals surface area contributed by atoms with Crippen molar-refractivity contribution in [3.05, 3.63) is 29.6 Å². The van der Waals surface area contributed by atoms with Crippen molar-refractivity contribution in [1.29, 1.82) is 0 Å². The summed E-state index contributed by atoms with van der Waals surface area (Å²) in [6, 6.07) is 6.01. The lowest BCUT2D eigenvalue weighted by Crippen LogP contribution is -2.33. The minimum absolute atomic E-state index is 0.0968. The molecule has 1 fully saturated rings. The van der Waals surface area contributed by atoms with E-state index in [2.05, 4.69) is 16.8 Å². The minimum atomic E-state index is 0.0968. The standard InChI is InChI=1S/C15H22N2O2/c1-3-17(9-14-6-4-5-12(2)16-14)10-15(18)13-7-8-19-11-13/h4-6,13H,3,7-11H2,1-2H3. The summed E-state index contributed by atoms with van der Waals surface area (Å²) in [6.45, 7) is 7.47. The van der Waals surface area contributed by atoms with Gasteiger partial charge in [-0.05, 0) is 32.0 Å². The third-order valence-electron chi connectivity index (χ3n) is 3.54. The monoisotopic (exact) mass is 262 g/mol. The maximum atomic E-state index is 12.1. The average Bonchev–Trinajstić information content (AvgIpc) is 2.92. The van der Waals surface area contributed by atoms with Crippen molar-refractivity contribution >= 4 is 5.78 Å². The van der Waals surface area contributed by atoms with Gasteiger partial charge in [-0.1, -0.05) is 13.0 Å². The van der Waals surface area contributed by atoms with Gasteiger partial charge in [0, 0.05) is 24.8 Å². The lowest BCUT2D eigenvalue weighted by Gasteiger charge is -2.20. The summed E-state index contributed by atoms with van der Waals surface area (Å²) in [6.07, 6.45) is 0.874. The third-order valence-corrected chi connectivity index (χ3v) is 3.54. The van der Waals surface area contributed by atoms with Gasteiger partial charge in [-0.25, -0.2) is 0 Å². The summed E-state index contributed by atoms with van der Waals surface area (Å²) in [5.74, 6) is 0.395. The number of pyridine rings is 1. The summed E-state index contributed by atoms with van der Waals surface area (Å²) >= 11 is 0. The molecule has 0 radical (unpaired) electrons. The fraction of sp³-hybridized carbons (Fsp3) is 0.600. The second-order valence-electron chi connectivity index (χ2n) is 5.10. The van der Waals surface area contributed by atoms with Crippen molar-refractivity contribution in [2.75, 3.05) is 26.3 Å². The van der Waals surface area contributed by atoms with E-state index < -0.39 is 0 Å². The molecule has 2 rings (SSSR count). The number of Topliss-reactive ketones (excluding diaryl/α,β-unsaturated/α-hetero) is 1. The number of nitrogens with zero attached hydrogens (tertiary/aromatic N) is 2.